The number of halogens is 4. The van der Waals surface area contributed by atoms with Crippen LogP contribution >= 0.6 is 22.9 Å². The van der Waals surface area contributed by atoms with Crippen LogP contribution in [0.2, 0.25) is 5.02 Å². The molecular formula is C24H23ClF3N3O6S2. The third kappa shape index (κ3) is 7.91. The number of hydrogen-bond acceptors (Lipinski definition) is 7. The zero-order valence-electron chi connectivity index (χ0n) is 20.3. The minimum absolute atomic E-state index is 0.0840. The molecule has 1 aliphatic heterocycles. The number of aliphatic carboxylic acids is 1. The van der Waals surface area contributed by atoms with Crippen LogP contribution in [-0.4, -0.2) is 60.6 Å². The van der Waals surface area contributed by atoms with Gasteiger partial charge in [-0.05, 0) is 55.3 Å². The van der Waals surface area contributed by atoms with Crippen LogP contribution in [0.1, 0.15) is 19.3 Å². The van der Waals surface area contributed by atoms with Gasteiger partial charge in [0.05, 0.1) is 17.7 Å². The molecule has 0 radical (unpaired) electrons. The summed E-state index contributed by atoms with van der Waals surface area (Å²) >= 11 is 7.28. The molecule has 0 bridgehead atoms. The number of anilines is 1. The lowest BCUT2D eigenvalue weighted by atomic mass is 10.0. The summed E-state index contributed by atoms with van der Waals surface area (Å²) in [5.41, 5.74) is 1.62. The zero-order chi connectivity index (χ0) is 28.8. The van der Waals surface area contributed by atoms with Crippen molar-refractivity contribution < 1.29 is 41.0 Å². The molecule has 1 amide bonds. The summed E-state index contributed by atoms with van der Waals surface area (Å²) in [5.74, 6) is -2.39. The Labute approximate surface area is 231 Å². The number of methoxy groups -OCH3 is 1. The van der Waals surface area contributed by atoms with Crippen molar-refractivity contribution in [3.8, 4) is 17.0 Å². The van der Waals surface area contributed by atoms with Crippen LogP contribution < -0.4 is 10.1 Å². The summed E-state index contributed by atoms with van der Waals surface area (Å²) in [6.45, 7) is 0.280. The second-order valence-electron chi connectivity index (χ2n) is 8.14. The van der Waals surface area contributed by atoms with Gasteiger partial charge >= 0.3 is 12.1 Å². The van der Waals surface area contributed by atoms with Crippen molar-refractivity contribution in [3.63, 3.8) is 0 Å². The summed E-state index contributed by atoms with van der Waals surface area (Å²) in [5, 5.41) is 12.5. The molecule has 210 valence electrons. The molecule has 2 N–H and O–H groups in total. The van der Waals surface area contributed by atoms with Crippen molar-refractivity contribution in [1.29, 1.82) is 0 Å². The number of thiazole rings is 1. The van der Waals surface area contributed by atoms with Crippen LogP contribution in [0.5, 0.6) is 5.75 Å². The van der Waals surface area contributed by atoms with Crippen LogP contribution in [-0.2, 0) is 19.6 Å². The van der Waals surface area contributed by atoms with Gasteiger partial charge < -0.3 is 15.2 Å². The van der Waals surface area contributed by atoms with Gasteiger partial charge in [-0.2, -0.15) is 17.5 Å². The second kappa shape index (κ2) is 12.8. The molecule has 39 heavy (non-hydrogen) atoms. The van der Waals surface area contributed by atoms with Crippen LogP contribution in [0.3, 0.4) is 0 Å². The average Bonchev–Trinajstić information content (AvgIpc) is 3.37. The van der Waals surface area contributed by atoms with Gasteiger partial charge in [0.2, 0.25) is 15.9 Å². The minimum atomic E-state index is -5.08. The smallest absolute Gasteiger partial charge is 0.490 e. The number of carboxylic acids is 1. The Kier molecular flexibility index (Phi) is 9.93. The van der Waals surface area contributed by atoms with Gasteiger partial charge in [-0.3, -0.25) is 4.79 Å². The number of carbonyl (C=O) groups is 2. The van der Waals surface area contributed by atoms with Crippen molar-refractivity contribution in [1.82, 2.24) is 9.29 Å². The van der Waals surface area contributed by atoms with Gasteiger partial charge in [0, 0.05) is 22.5 Å². The van der Waals surface area contributed by atoms with Crippen molar-refractivity contribution in [2.75, 3.05) is 19.0 Å². The van der Waals surface area contributed by atoms with E-state index < -0.39 is 28.2 Å². The number of carboxylic acid groups (broad SMARTS) is 1. The number of carbonyl (C=O) groups excluding carboxylic acids is 1. The number of benzene rings is 2. The van der Waals surface area contributed by atoms with E-state index in [1.54, 1.807) is 19.2 Å². The first-order valence-corrected chi connectivity index (χ1v) is 14.0. The molecule has 2 heterocycles. The highest BCUT2D eigenvalue weighted by molar-refractivity contribution is 7.89. The van der Waals surface area contributed by atoms with Crippen LogP contribution in [0.25, 0.3) is 11.3 Å². The number of alkyl halides is 3. The lowest BCUT2D eigenvalue weighted by Gasteiger charge is -2.33. The van der Waals surface area contributed by atoms with E-state index in [-0.39, 0.29) is 17.3 Å². The molecule has 1 aromatic heterocycles. The molecule has 0 saturated carbocycles. The van der Waals surface area contributed by atoms with Crippen molar-refractivity contribution in [2.45, 2.75) is 36.4 Å². The Morgan fingerprint density at radius 1 is 1.18 bits per heavy atom. The molecule has 0 aliphatic carbocycles. The SMILES string of the molecule is COc1ccc(-c2csc(NC(=O)[C@H]3CCCCN3S(=O)(=O)c3cccc(Cl)c3)n2)cc1.O=C(O)C(F)(F)F. The highest BCUT2D eigenvalue weighted by Crippen LogP contribution is 2.30. The number of aromatic nitrogens is 1. The van der Waals surface area contributed by atoms with Crippen LogP contribution in [0.4, 0.5) is 18.3 Å². The van der Waals surface area contributed by atoms with E-state index in [1.165, 1.54) is 27.8 Å². The van der Waals surface area contributed by atoms with E-state index in [9.17, 15) is 26.4 Å². The van der Waals surface area contributed by atoms with Crippen molar-refractivity contribution in [2.24, 2.45) is 0 Å². The second-order valence-corrected chi connectivity index (χ2v) is 11.3. The number of amides is 1. The van der Waals surface area contributed by atoms with Gasteiger partial charge in [0.1, 0.15) is 11.8 Å². The minimum Gasteiger partial charge on any atom is -0.497 e. The monoisotopic (exact) mass is 605 g/mol. The lowest BCUT2D eigenvalue weighted by Crippen LogP contribution is -2.49. The van der Waals surface area contributed by atoms with Gasteiger partial charge in [0.15, 0.2) is 5.13 Å². The first-order chi connectivity index (χ1) is 18.3. The number of piperidine rings is 1. The molecule has 2 aromatic carbocycles. The van der Waals surface area contributed by atoms with E-state index in [2.05, 4.69) is 10.3 Å². The molecule has 0 spiro atoms. The molecule has 1 fully saturated rings. The van der Waals surface area contributed by atoms with Crippen LogP contribution in [0.15, 0.2) is 58.8 Å². The number of ether oxygens (including phenoxy) is 1. The van der Waals surface area contributed by atoms with Crippen LogP contribution in [0, 0.1) is 0 Å². The molecule has 4 rings (SSSR count). The third-order valence-corrected chi connectivity index (χ3v) is 8.42. The summed E-state index contributed by atoms with van der Waals surface area (Å²) in [7, 11) is -2.25. The van der Waals surface area contributed by atoms with E-state index >= 15 is 0 Å². The fraction of sp³-hybridized carbons (Fsp3) is 0.292. The predicted octanol–water partition coefficient (Wildman–Crippen LogP) is 5.29. The third-order valence-electron chi connectivity index (χ3n) is 5.52. The standard InChI is InChI=1S/C22H22ClN3O4S2.C2HF3O2/c1-30-17-10-8-15(9-11-17)19-14-31-22(24-19)25-21(27)20-7-2-3-12-26(20)32(28,29)18-6-4-5-16(23)13-18;3-2(4,5)1(6)7/h4-6,8-11,13-14,20H,2-3,7,12H2,1H3,(H,24,25,27);(H,6,7)/t20-;/m1./s1. The van der Waals surface area contributed by atoms with Gasteiger partial charge in [-0.1, -0.05) is 24.1 Å². The number of nitrogens with zero attached hydrogens (tertiary/aromatic N) is 2. The molecule has 1 aliphatic rings. The predicted molar refractivity (Wildman–Crippen MR) is 139 cm³/mol. The summed E-state index contributed by atoms with van der Waals surface area (Å²) in [4.78, 5) is 26.5. The Morgan fingerprint density at radius 2 is 1.85 bits per heavy atom. The maximum absolute atomic E-state index is 13.2. The maximum atomic E-state index is 13.2. The number of nitrogens with one attached hydrogen (secondary N) is 1. The normalized spacial score (nSPS) is 16.1. The first kappa shape index (κ1) is 30.3. The van der Waals surface area contributed by atoms with E-state index in [0.29, 0.717) is 23.0 Å². The first-order valence-electron chi connectivity index (χ1n) is 11.3. The fourth-order valence-electron chi connectivity index (χ4n) is 3.63. The maximum Gasteiger partial charge on any atom is 0.490 e. The van der Waals surface area contributed by atoms with E-state index in [1.807, 2.05) is 29.6 Å². The molecule has 1 saturated heterocycles. The molecule has 1 atom stereocenters. The average molecular weight is 606 g/mol. The summed E-state index contributed by atoms with van der Waals surface area (Å²) in [6, 6.07) is 12.8. The highest BCUT2D eigenvalue weighted by Gasteiger charge is 2.39. The highest BCUT2D eigenvalue weighted by atomic mass is 35.5. The molecule has 3 aromatic rings. The van der Waals surface area contributed by atoms with Gasteiger partial charge in [-0.25, -0.2) is 18.2 Å². The van der Waals surface area contributed by atoms with Crippen molar-refractivity contribution >= 4 is 50.0 Å². The molecular weight excluding hydrogens is 583 g/mol. The quantitative estimate of drug-likeness (QED) is 0.391. The Hall–Kier alpha value is -3.20. The number of sulfonamides is 1. The van der Waals surface area contributed by atoms with Gasteiger partial charge in [-0.15, -0.1) is 11.3 Å². The summed E-state index contributed by atoms with van der Waals surface area (Å²) < 4.78 is 64.6. The fourth-order valence-corrected chi connectivity index (χ4v) is 6.31. The summed E-state index contributed by atoms with van der Waals surface area (Å²) in [6.07, 6.45) is -3.17. The van der Waals surface area contributed by atoms with E-state index in [0.717, 1.165) is 23.4 Å². The zero-order valence-corrected chi connectivity index (χ0v) is 22.7. The number of rotatable bonds is 6. The largest absolute Gasteiger partial charge is 0.497 e. The molecule has 15 heteroatoms. The van der Waals surface area contributed by atoms with Crippen molar-refractivity contribution in [3.05, 3.63) is 58.9 Å². The molecule has 0 unspecified atom stereocenters. The topological polar surface area (TPSA) is 126 Å². The van der Waals surface area contributed by atoms with E-state index in [4.69, 9.17) is 26.2 Å². The Balaban J connectivity index is 0.000000532. The van der Waals surface area contributed by atoms with Gasteiger partial charge in [0.25, 0.3) is 0 Å². The lowest BCUT2D eigenvalue weighted by molar-refractivity contribution is -0.192. The Bertz CT molecular complexity index is 1410. The number of hydrogen-bond donors (Lipinski definition) is 2. The Morgan fingerprint density at radius 3 is 2.44 bits per heavy atom. The molecule has 9 nitrogen and oxygen atoms in total.